The van der Waals surface area contributed by atoms with Gasteiger partial charge in [-0.3, -0.25) is 9.59 Å². The highest BCUT2D eigenvalue weighted by Crippen LogP contribution is 2.26. The minimum atomic E-state index is -0.258. The minimum Gasteiger partial charge on any atom is -0.497 e. The van der Waals surface area contributed by atoms with Gasteiger partial charge in [0.15, 0.2) is 5.82 Å². The summed E-state index contributed by atoms with van der Waals surface area (Å²) in [5, 5.41) is 8.92. The number of nitrogens with one attached hydrogen (secondary N) is 1. The number of hydrogen-bond acceptors (Lipinski definition) is 5. The Bertz CT molecular complexity index is 1130. The first-order chi connectivity index (χ1) is 15.0. The van der Waals surface area contributed by atoms with E-state index in [1.165, 1.54) is 4.68 Å². The van der Waals surface area contributed by atoms with E-state index in [4.69, 9.17) is 4.74 Å². The van der Waals surface area contributed by atoms with Crippen LogP contribution < -0.4 is 20.5 Å². The van der Waals surface area contributed by atoms with Gasteiger partial charge in [0, 0.05) is 25.0 Å². The summed E-state index contributed by atoms with van der Waals surface area (Å²) >= 11 is 0. The van der Waals surface area contributed by atoms with Crippen molar-refractivity contribution in [1.82, 2.24) is 15.1 Å². The summed E-state index contributed by atoms with van der Waals surface area (Å²) in [5.41, 5.74) is 0.677. The number of amides is 1. The van der Waals surface area contributed by atoms with Gasteiger partial charge in [-0.05, 0) is 42.5 Å². The van der Waals surface area contributed by atoms with Gasteiger partial charge >= 0.3 is 0 Å². The zero-order valence-corrected chi connectivity index (χ0v) is 18.0. The SMILES string of the molecule is COc1cccc(CNC(=O)Cn2nc(N3CCC(C)CC3)c3ccccc3c2=O)c1. The summed E-state index contributed by atoms with van der Waals surface area (Å²) in [5.74, 6) is 1.95. The molecule has 162 valence electrons. The Morgan fingerprint density at radius 2 is 1.87 bits per heavy atom. The fraction of sp³-hybridized carbons (Fsp3) is 0.375. The van der Waals surface area contributed by atoms with E-state index < -0.39 is 0 Å². The number of piperidine rings is 1. The highest BCUT2D eigenvalue weighted by Gasteiger charge is 2.21. The third-order valence-corrected chi connectivity index (χ3v) is 5.85. The zero-order valence-electron chi connectivity index (χ0n) is 18.0. The second-order valence-electron chi connectivity index (χ2n) is 8.13. The number of rotatable bonds is 6. The summed E-state index contributed by atoms with van der Waals surface area (Å²) < 4.78 is 6.51. The van der Waals surface area contributed by atoms with Crippen LogP contribution in [-0.2, 0) is 17.9 Å². The van der Waals surface area contributed by atoms with E-state index >= 15 is 0 Å². The topological polar surface area (TPSA) is 76.5 Å². The van der Waals surface area contributed by atoms with Crippen LogP contribution in [0.25, 0.3) is 10.8 Å². The highest BCUT2D eigenvalue weighted by molar-refractivity contribution is 5.91. The van der Waals surface area contributed by atoms with Crippen molar-refractivity contribution in [3.05, 3.63) is 64.4 Å². The van der Waals surface area contributed by atoms with Crippen molar-refractivity contribution >= 4 is 22.5 Å². The van der Waals surface area contributed by atoms with E-state index in [2.05, 4.69) is 22.2 Å². The van der Waals surface area contributed by atoms with Gasteiger partial charge in [-0.15, -0.1) is 0 Å². The normalized spacial score (nSPS) is 14.6. The van der Waals surface area contributed by atoms with Gasteiger partial charge in [-0.2, -0.15) is 5.10 Å². The standard InChI is InChI=1S/C24H28N4O3/c1-17-10-12-27(13-11-17)23-20-8-3-4-9-21(20)24(30)28(26-23)16-22(29)25-15-18-6-5-7-19(14-18)31-2/h3-9,14,17H,10-13,15-16H2,1-2H3,(H,25,29). The lowest BCUT2D eigenvalue weighted by molar-refractivity contribution is -0.122. The largest absolute Gasteiger partial charge is 0.497 e. The third-order valence-electron chi connectivity index (χ3n) is 5.85. The molecule has 0 aliphatic carbocycles. The minimum absolute atomic E-state index is 0.120. The van der Waals surface area contributed by atoms with E-state index in [-0.39, 0.29) is 18.0 Å². The highest BCUT2D eigenvalue weighted by atomic mass is 16.5. The Balaban J connectivity index is 1.56. The molecule has 0 bridgehead atoms. The molecule has 0 radical (unpaired) electrons. The van der Waals surface area contributed by atoms with Crippen molar-refractivity contribution in [2.45, 2.75) is 32.9 Å². The molecular weight excluding hydrogens is 392 g/mol. The van der Waals surface area contributed by atoms with Crippen molar-refractivity contribution in [1.29, 1.82) is 0 Å². The molecule has 0 atom stereocenters. The lowest BCUT2D eigenvalue weighted by Crippen LogP contribution is -2.38. The van der Waals surface area contributed by atoms with Crippen LogP contribution in [0.5, 0.6) is 5.75 Å². The number of ether oxygens (including phenoxy) is 1. The predicted molar refractivity (Wildman–Crippen MR) is 121 cm³/mol. The molecule has 1 amide bonds. The van der Waals surface area contributed by atoms with E-state index in [1.54, 1.807) is 13.2 Å². The number of benzene rings is 2. The molecular formula is C24H28N4O3. The molecule has 1 aliphatic heterocycles. The van der Waals surface area contributed by atoms with E-state index in [1.807, 2.05) is 42.5 Å². The van der Waals surface area contributed by atoms with Crippen molar-refractivity contribution in [2.75, 3.05) is 25.1 Å². The van der Waals surface area contributed by atoms with Crippen LogP contribution in [0, 0.1) is 5.92 Å². The third kappa shape index (κ3) is 4.71. The number of hydrogen-bond donors (Lipinski definition) is 1. The molecule has 1 N–H and O–H groups in total. The molecule has 0 spiro atoms. The Morgan fingerprint density at radius 3 is 2.61 bits per heavy atom. The maximum absolute atomic E-state index is 13.0. The number of aromatic nitrogens is 2. The van der Waals surface area contributed by atoms with Gasteiger partial charge in [0.1, 0.15) is 12.3 Å². The molecule has 1 aromatic heterocycles. The van der Waals surface area contributed by atoms with Crippen molar-refractivity contribution in [3.63, 3.8) is 0 Å². The first-order valence-corrected chi connectivity index (χ1v) is 10.7. The van der Waals surface area contributed by atoms with Crippen LogP contribution in [0.3, 0.4) is 0 Å². The van der Waals surface area contributed by atoms with Crippen molar-refractivity contribution in [3.8, 4) is 5.75 Å². The molecule has 31 heavy (non-hydrogen) atoms. The van der Waals surface area contributed by atoms with Gasteiger partial charge in [-0.25, -0.2) is 4.68 Å². The molecule has 1 saturated heterocycles. The summed E-state index contributed by atoms with van der Waals surface area (Å²) in [6, 6.07) is 15.0. The van der Waals surface area contributed by atoms with Gasteiger partial charge in [0.05, 0.1) is 12.5 Å². The Morgan fingerprint density at radius 1 is 1.13 bits per heavy atom. The molecule has 7 nitrogen and oxygen atoms in total. The van der Waals surface area contributed by atoms with Gasteiger partial charge in [0.2, 0.25) is 5.91 Å². The van der Waals surface area contributed by atoms with E-state index in [0.717, 1.165) is 48.4 Å². The number of carbonyl (C=O) groups is 1. The monoisotopic (exact) mass is 420 g/mol. The van der Waals surface area contributed by atoms with Crippen LogP contribution in [-0.4, -0.2) is 35.9 Å². The molecule has 2 heterocycles. The summed E-state index contributed by atoms with van der Waals surface area (Å²) in [7, 11) is 1.61. The molecule has 3 aromatic rings. The first-order valence-electron chi connectivity index (χ1n) is 10.7. The van der Waals surface area contributed by atoms with Crippen LogP contribution in [0.2, 0.25) is 0 Å². The molecule has 7 heteroatoms. The fourth-order valence-electron chi connectivity index (χ4n) is 3.95. The van der Waals surface area contributed by atoms with Crippen LogP contribution in [0.4, 0.5) is 5.82 Å². The number of methoxy groups -OCH3 is 1. The smallest absolute Gasteiger partial charge is 0.275 e. The molecule has 4 rings (SSSR count). The Hall–Kier alpha value is -3.35. The summed E-state index contributed by atoms with van der Waals surface area (Å²) in [6.07, 6.45) is 2.19. The Kier molecular flexibility index (Phi) is 6.21. The predicted octanol–water partition coefficient (Wildman–Crippen LogP) is 2.96. The van der Waals surface area contributed by atoms with Crippen LogP contribution >= 0.6 is 0 Å². The van der Waals surface area contributed by atoms with Gasteiger partial charge in [-0.1, -0.05) is 37.3 Å². The zero-order chi connectivity index (χ0) is 21.8. The maximum atomic E-state index is 13.0. The van der Waals surface area contributed by atoms with E-state index in [0.29, 0.717) is 17.8 Å². The van der Waals surface area contributed by atoms with Crippen LogP contribution in [0.1, 0.15) is 25.3 Å². The average molecular weight is 421 g/mol. The lowest BCUT2D eigenvalue weighted by Gasteiger charge is -2.32. The number of anilines is 1. The van der Waals surface area contributed by atoms with Gasteiger partial charge < -0.3 is 15.0 Å². The molecule has 0 saturated carbocycles. The molecule has 1 aliphatic rings. The number of nitrogens with zero attached hydrogens (tertiary/aromatic N) is 3. The number of carbonyl (C=O) groups excluding carboxylic acids is 1. The summed E-state index contributed by atoms with van der Waals surface area (Å²) in [6.45, 7) is 4.30. The molecule has 1 fully saturated rings. The van der Waals surface area contributed by atoms with Crippen molar-refractivity contribution in [2.24, 2.45) is 5.92 Å². The molecule has 2 aromatic carbocycles. The van der Waals surface area contributed by atoms with Crippen LogP contribution in [0.15, 0.2) is 53.3 Å². The summed E-state index contributed by atoms with van der Waals surface area (Å²) in [4.78, 5) is 27.8. The quantitative estimate of drug-likeness (QED) is 0.664. The van der Waals surface area contributed by atoms with Gasteiger partial charge in [0.25, 0.3) is 5.56 Å². The lowest BCUT2D eigenvalue weighted by atomic mass is 9.99. The maximum Gasteiger partial charge on any atom is 0.275 e. The number of fused-ring (bicyclic) bond motifs is 1. The second kappa shape index (κ2) is 9.20. The average Bonchev–Trinajstić information content (AvgIpc) is 2.80. The fourth-order valence-corrected chi connectivity index (χ4v) is 3.95. The van der Waals surface area contributed by atoms with Crippen molar-refractivity contribution < 1.29 is 9.53 Å². The molecule has 0 unspecified atom stereocenters. The van der Waals surface area contributed by atoms with E-state index in [9.17, 15) is 9.59 Å². The first kappa shape index (κ1) is 20.9. The second-order valence-corrected chi connectivity index (χ2v) is 8.13. The Labute approximate surface area is 181 Å².